The van der Waals surface area contributed by atoms with Crippen LogP contribution in [0.15, 0.2) is 47.2 Å². The molecule has 2 heterocycles. The molecule has 0 bridgehead atoms. The molecule has 0 radical (unpaired) electrons. The van der Waals surface area contributed by atoms with Crippen LogP contribution in [0.5, 0.6) is 5.75 Å². The number of primary amides is 1. The highest BCUT2D eigenvalue weighted by atomic mass is 16.5. The van der Waals surface area contributed by atoms with E-state index in [0.717, 1.165) is 35.7 Å². The molecule has 3 rings (SSSR count). The highest BCUT2D eigenvalue weighted by molar-refractivity contribution is 5.75. The molecule has 1 amide bonds. The molecule has 0 unspecified atom stereocenters. The van der Waals surface area contributed by atoms with Crippen molar-refractivity contribution in [2.45, 2.75) is 26.3 Å². The fourth-order valence-electron chi connectivity index (χ4n) is 2.79. The van der Waals surface area contributed by atoms with E-state index in [0.29, 0.717) is 25.5 Å². The largest absolute Gasteiger partial charge is 0.494 e. The SMILES string of the molecule is CCc1nccn1Cc1cc(C#Cc2ccc(OCCCNCC(N)=O)cc2)on1. The molecule has 0 fully saturated rings. The standard InChI is InChI=1S/C22H25N5O3/c1-2-22-25-11-12-27(22)16-18-14-20(30-26-18)9-6-17-4-7-19(8-5-17)29-13-3-10-24-15-21(23)28/h4-5,7-8,11-12,14,24H,2-3,10,13,15-16H2,1H3,(H2,23,28). The molecule has 1 aromatic carbocycles. The third-order valence-corrected chi connectivity index (χ3v) is 4.26. The number of benzene rings is 1. The average molecular weight is 407 g/mol. The van der Waals surface area contributed by atoms with E-state index in [4.69, 9.17) is 15.0 Å². The number of ether oxygens (including phenoxy) is 1. The van der Waals surface area contributed by atoms with Crippen molar-refractivity contribution in [3.63, 3.8) is 0 Å². The number of amides is 1. The fourth-order valence-corrected chi connectivity index (χ4v) is 2.79. The van der Waals surface area contributed by atoms with Gasteiger partial charge in [-0.15, -0.1) is 0 Å². The van der Waals surface area contributed by atoms with E-state index < -0.39 is 0 Å². The van der Waals surface area contributed by atoms with E-state index >= 15 is 0 Å². The number of nitrogens with zero attached hydrogens (tertiary/aromatic N) is 3. The van der Waals surface area contributed by atoms with Gasteiger partial charge < -0.3 is 24.9 Å². The molecule has 0 saturated heterocycles. The Bertz CT molecular complexity index is 1010. The molecule has 3 aromatic rings. The molecular weight excluding hydrogens is 382 g/mol. The van der Waals surface area contributed by atoms with Crippen molar-refractivity contribution in [1.82, 2.24) is 20.0 Å². The molecule has 30 heavy (non-hydrogen) atoms. The molecule has 0 saturated carbocycles. The first-order chi connectivity index (χ1) is 14.6. The maximum Gasteiger partial charge on any atom is 0.231 e. The van der Waals surface area contributed by atoms with Crippen molar-refractivity contribution in [2.24, 2.45) is 5.73 Å². The molecule has 3 N–H and O–H groups in total. The van der Waals surface area contributed by atoms with Crippen molar-refractivity contribution in [3.05, 3.63) is 65.6 Å². The predicted octanol–water partition coefficient (Wildman–Crippen LogP) is 1.73. The minimum Gasteiger partial charge on any atom is -0.494 e. The van der Waals surface area contributed by atoms with Gasteiger partial charge in [0, 0.05) is 30.4 Å². The zero-order chi connectivity index (χ0) is 21.2. The van der Waals surface area contributed by atoms with E-state index in [1.54, 1.807) is 6.20 Å². The number of aromatic nitrogens is 3. The van der Waals surface area contributed by atoms with Gasteiger partial charge in [0.2, 0.25) is 11.7 Å². The van der Waals surface area contributed by atoms with Crippen LogP contribution >= 0.6 is 0 Å². The highest BCUT2D eigenvalue weighted by Crippen LogP contribution is 2.12. The summed E-state index contributed by atoms with van der Waals surface area (Å²) in [5, 5.41) is 7.02. The number of imidazole rings is 1. The zero-order valence-electron chi connectivity index (χ0n) is 16.9. The van der Waals surface area contributed by atoms with Gasteiger partial charge in [0.05, 0.1) is 19.7 Å². The number of carbonyl (C=O) groups is 1. The number of rotatable bonds is 10. The van der Waals surface area contributed by atoms with Gasteiger partial charge in [-0.1, -0.05) is 18.0 Å². The lowest BCUT2D eigenvalue weighted by Crippen LogP contribution is -2.29. The molecule has 0 aliphatic rings. The fraction of sp³-hybridized carbons (Fsp3) is 0.318. The van der Waals surface area contributed by atoms with E-state index in [9.17, 15) is 4.79 Å². The van der Waals surface area contributed by atoms with Crippen LogP contribution in [0.3, 0.4) is 0 Å². The maximum atomic E-state index is 10.6. The number of hydrogen-bond donors (Lipinski definition) is 2. The van der Waals surface area contributed by atoms with Gasteiger partial charge in [-0.25, -0.2) is 4.98 Å². The van der Waals surface area contributed by atoms with Crippen molar-refractivity contribution >= 4 is 5.91 Å². The topological polar surface area (TPSA) is 108 Å². The molecule has 156 valence electrons. The lowest BCUT2D eigenvalue weighted by atomic mass is 10.2. The van der Waals surface area contributed by atoms with Crippen molar-refractivity contribution in [1.29, 1.82) is 0 Å². The Morgan fingerprint density at radius 3 is 2.90 bits per heavy atom. The van der Waals surface area contributed by atoms with Gasteiger partial charge in [0.15, 0.2) is 0 Å². The second kappa shape index (κ2) is 10.8. The zero-order valence-corrected chi connectivity index (χ0v) is 16.9. The van der Waals surface area contributed by atoms with Gasteiger partial charge in [-0.3, -0.25) is 4.79 Å². The van der Waals surface area contributed by atoms with Gasteiger partial charge >= 0.3 is 0 Å². The molecule has 2 aromatic heterocycles. The van der Waals surface area contributed by atoms with Crippen LogP contribution in [-0.4, -0.2) is 40.3 Å². The molecule has 8 heteroatoms. The van der Waals surface area contributed by atoms with Crippen LogP contribution in [0.2, 0.25) is 0 Å². The van der Waals surface area contributed by atoms with Crippen molar-refractivity contribution in [3.8, 4) is 17.6 Å². The van der Waals surface area contributed by atoms with E-state index in [1.165, 1.54) is 0 Å². The normalized spacial score (nSPS) is 10.4. The maximum absolute atomic E-state index is 10.6. The summed E-state index contributed by atoms with van der Waals surface area (Å²) in [4.78, 5) is 14.9. The predicted molar refractivity (Wildman–Crippen MR) is 112 cm³/mol. The van der Waals surface area contributed by atoms with E-state index in [2.05, 4.69) is 34.2 Å². The number of aryl methyl sites for hydroxylation is 1. The summed E-state index contributed by atoms with van der Waals surface area (Å²) in [6, 6.07) is 9.38. The second-order valence-corrected chi connectivity index (χ2v) is 6.63. The first-order valence-electron chi connectivity index (χ1n) is 9.83. The molecule has 8 nitrogen and oxygen atoms in total. The average Bonchev–Trinajstić information content (AvgIpc) is 3.39. The smallest absolute Gasteiger partial charge is 0.231 e. The summed E-state index contributed by atoms with van der Waals surface area (Å²) < 4.78 is 13.0. The first-order valence-corrected chi connectivity index (χ1v) is 9.83. The van der Waals surface area contributed by atoms with Gasteiger partial charge in [0.25, 0.3) is 0 Å². The number of nitrogens with two attached hydrogens (primary N) is 1. The number of carbonyl (C=O) groups excluding carboxylic acids is 1. The van der Waals surface area contributed by atoms with Crippen molar-refractivity contribution < 1.29 is 14.1 Å². The Morgan fingerprint density at radius 1 is 1.30 bits per heavy atom. The Hall–Kier alpha value is -3.57. The monoisotopic (exact) mass is 407 g/mol. The van der Waals surface area contributed by atoms with Crippen LogP contribution in [0, 0.1) is 11.8 Å². The van der Waals surface area contributed by atoms with Crippen LogP contribution in [-0.2, 0) is 17.8 Å². The van der Waals surface area contributed by atoms with Gasteiger partial charge in [-0.2, -0.15) is 0 Å². The minimum atomic E-state index is -0.363. The molecular formula is C22H25N5O3. The highest BCUT2D eigenvalue weighted by Gasteiger charge is 2.06. The Morgan fingerprint density at radius 2 is 2.13 bits per heavy atom. The Labute approximate surface area is 175 Å². The molecule has 0 aliphatic heterocycles. The molecule has 0 spiro atoms. The number of nitrogens with one attached hydrogen (secondary N) is 1. The Balaban J connectivity index is 1.47. The second-order valence-electron chi connectivity index (χ2n) is 6.63. The van der Waals surface area contributed by atoms with Crippen LogP contribution in [0.1, 0.15) is 36.2 Å². The molecule has 0 atom stereocenters. The Kier molecular flexibility index (Phi) is 7.64. The summed E-state index contributed by atoms with van der Waals surface area (Å²) >= 11 is 0. The van der Waals surface area contributed by atoms with Gasteiger partial charge in [0.1, 0.15) is 17.3 Å². The first kappa shape index (κ1) is 21.1. The lowest BCUT2D eigenvalue weighted by Gasteiger charge is -2.06. The number of hydrogen-bond acceptors (Lipinski definition) is 6. The van der Waals surface area contributed by atoms with Gasteiger partial charge in [-0.05, 0) is 43.2 Å². The summed E-state index contributed by atoms with van der Waals surface area (Å²) in [6.07, 6.45) is 5.36. The summed E-state index contributed by atoms with van der Waals surface area (Å²) in [5.41, 5.74) is 6.72. The van der Waals surface area contributed by atoms with E-state index in [1.807, 2.05) is 41.1 Å². The third kappa shape index (κ3) is 6.50. The summed E-state index contributed by atoms with van der Waals surface area (Å²) in [7, 11) is 0. The van der Waals surface area contributed by atoms with Crippen LogP contribution < -0.4 is 15.8 Å². The van der Waals surface area contributed by atoms with Crippen LogP contribution in [0.25, 0.3) is 0 Å². The third-order valence-electron chi connectivity index (χ3n) is 4.26. The summed E-state index contributed by atoms with van der Waals surface area (Å²) in [6.45, 7) is 4.08. The lowest BCUT2D eigenvalue weighted by molar-refractivity contribution is -0.117. The minimum absolute atomic E-state index is 0.184. The quantitative estimate of drug-likeness (QED) is 0.391. The van der Waals surface area contributed by atoms with Crippen molar-refractivity contribution in [2.75, 3.05) is 19.7 Å². The van der Waals surface area contributed by atoms with E-state index in [-0.39, 0.29) is 12.5 Å². The van der Waals surface area contributed by atoms with Crippen LogP contribution in [0.4, 0.5) is 0 Å². The molecule has 0 aliphatic carbocycles. The summed E-state index contributed by atoms with van der Waals surface area (Å²) in [5.74, 6) is 7.99.